The van der Waals surface area contributed by atoms with Gasteiger partial charge in [-0.05, 0) is 11.1 Å². The second-order valence-corrected chi connectivity index (χ2v) is 5.70. The fraction of sp³-hybridized carbons (Fsp3) is 0.333. The van der Waals surface area contributed by atoms with E-state index in [9.17, 15) is 20.4 Å². The Hall–Kier alpha value is -1.72. The Morgan fingerprint density at radius 1 is 0.591 bits per heavy atom. The van der Waals surface area contributed by atoms with E-state index in [-0.39, 0.29) is 12.8 Å². The molecule has 2 aromatic carbocycles. The van der Waals surface area contributed by atoms with Crippen molar-refractivity contribution in [3.05, 3.63) is 71.8 Å². The summed E-state index contributed by atoms with van der Waals surface area (Å²) in [4.78, 5) is 0. The molecule has 2 aromatic rings. The predicted octanol–water partition coefficient (Wildman–Crippen LogP) is 0.919. The third-order valence-electron chi connectivity index (χ3n) is 4.07. The number of aliphatic hydroxyl groups excluding tert-OH is 2. The molecule has 4 heteroatoms. The Morgan fingerprint density at radius 2 is 0.909 bits per heavy atom. The van der Waals surface area contributed by atoms with Crippen molar-refractivity contribution in [3.63, 3.8) is 0 Å². The lowest BCUT2D eigenvalue weighted by atomic mass is 9.75. The Kier molecular flexibility index (Phi) is 5.32. The van der Waals surface area contributed by atoms with E-state index in [1.165, 1.54) is 0 Å². The van der Waals surface area contributed by atoms with Crippen molar-refractivity contribution in [3.8, 4) is 0 Å². The summed E-state index contributed by atoms with van der Waals surface area (Å²) in [5.74, 6) is 0. The van der Waals surface area contributed by atoms with E-state index < -0.39 is 24.4 Å². The van der Waals surface area contributed by atoms with Crippen LogP contribution in [0.2, 0.25) is 0 Å². The molecule has 0 aliphatic carbocycles. The average molecular weight is 302 g/mol. The molecule has 0 saturated carbocycles. The quantitative estimate of drug-likeness (QED) is 0.613. The fourth-order valence-corrected chi connectivity index (χ4v) is 2.60. The molecule has 0 aliphatic rings. The zero-order valence-electron chi connectivity index (χ0n) is 12.4. The molecule has 0 radical (unpaired) electrons. The van der Waals surface area contributed by atoms with Crippen molar-refractivity contribution < 1.29 is 20.4 Å². The first-order valence-corrected chi connectivity index (χ1v) is 7.27. The highest BCUT2D eigenvalue weighted by Gasteiger charge is 2.48. The van der Waals surface area contributed by atoms with E-state index in [4.69, 9.17) is 0 Å². The van der Waals surface area contributed by atoms with Crippen LogP contribution in [0, 0.1) is 0 Å². The zero-order valence-corrected chi connectivity index (χ0v) is 12.4. The van der Waals surface area contributed by atoms with Crippen LogP contribution in [-0.4, -0.2) is 44.8 Å². The fourth-order valence-electron chi connectivity index (χ4n) is 2.60. The van der Waals surface area contributed by atoms with Crippen LogP contribution in [0.15, 0.2) is 60.7 Å². The molecule has 0 fully saturated rings. The second kappa shape index (κ2) is 7.03. The standard InChI is InChI=1S/C18H22O4/c19-13-17(21,11-15-7-3-1-4-8-15)18(22,14-20)12-16-9-5-2-6-10-16/h1-10,19-22H,11-14H2/t17-,18-/m1/s1. The molecule has 0 amide bonds. The number of rotatable bonds is 7. The minimum Gasteiger partial charge on any atom is -0.393 e. The van der Waals surface area contributed by atoms with Gasteiger partial charge in [0.25, 0.3) is 0 Å². The maximum absolute atomic E-state index is 10.8. The number of hydrogen-bond acceptors (Lipinski definition) is 4. The van der Waals surface area contributed by atoms with E-state index in [0.717, 1.165) is 11.1 Å². The van der Waals surface area contributed by atoms with Crippen LogP contribution in [0.5, 0.6) is 0 Å². The van der Waals surface area contributed by atoms with Gasteiger partial charge in [-0.3, -0.25) is 0 Å². The Morgan fingerprint density at radius 3 is 1.18 bits per heavy atom. The maximum Gasteiger partial charge on any atom is 0.123 e. The van der Waals surface area contributed by atoms with Crippen LogP contribution >= 0.6 is 0 Å². The summed E-state index contributed by atoms with van der Waals surface area (Å²) in [7, 11) is 0. The van der Waals surface area contributed by atoms with Gasteiger partial charge in [-0.25, -0.2) is 0 Å². The molecule has 0 unspecified atom stereocenters. The second-order valence-electron chi connectivity index (χ2n) is 5.70. The smallest absolute Gasteiger partial charge is 0.123 e. The van der Waals surface area contributed by atoms with Crippen molar-refractivity contribution >= 4 is 0 Å². The van der Waals surface area contributed by atoms with Gasteiger partial charge in [0.2, 0.25) is 0 Å². The average Bonchev–Trinajstić information content (AvgIpc) is 2.56. The van der Waals surface area contributed by atoms with Gasteiger partial charge in [0.15, 0.2) is 0 Å². The van der Waals surface area contributed by atoms with Gasteiger partial charge in [-0.1, -0.05) is 60.7 Å². The first-order chi connectivity index (χ1) is 10.5. The molecular weight excluding hydrogens is 280 g/mol. The molecule has 0 aliphatic heterocycles. The van der Waals surface area contributed by atoms with Crippen LogP contribution in [0.3, 0.4) is 0 Å². The lowest BCUT2D eigenvalue weighted by Crippen LogP contribution is -2.61. The third kappa shape index (κ3) is 3.54. The van der Waals surface area contributed by atoms with Gasteiger partial charge in [0.1, 0.15) is 11.2 Å². The van der Waals surface area contributed by atoms with Crippen molar-refractivity contribution in [1.29, 1.82) is 0 Å². The number of aliphatic hydroxyl groups is 4. The van der Waals surface area contributed by atoms with Crippen LogP contribution in [0.4, 0.5) is 0 Å². The van der Waals surface area contributed by atoms with E-state index in [0.29, 0.717) is 0 Å². The van der Waals surface area contributed by atoms with Gasteiger partial charge in [0.05, 0.1) is 13.2 Å². The van der Waals surface area contributed by atoms with Gasteiger partial charge in [-0.15, -0.1) is 0 Å². The Labute approximate surface area is 130 Å². The van der Waals surface area contributed by atoms with Crippen LogP contribution in [0.25, 0.3) is 0 Å². The van der Waals surface area contributed by atoms with Gasteiger partial charge in [0, 0.05) is 12.8 Å². The molecule has 4 N–H and O–H groups in total. The van der Waals surface area contributed by atoms with Crippen molar-refractivity contribution in [2.45, 2.75) is 24.0 Å². The summed E-state index contributed by atoms with van der Waals surface area (Å²) in [6, 6.07) is 18.2. The lowest BCUT2D eigenvalue weighted by Gasteiger charge is -2.41. The third-order valence-corrected chi connectivity index (χ3v) is 4.07. The minimum absolute atomic E-state index is 0.0498. The van der Waals surface area contributed by atoms with Crippen LogP contribution < -0.4 is 0 Å². The SMILES string of the molecule is OC[C@](O)(Cc1ccccc1)[C@](O)(CO)Cc1ccccc1. The predicted molar refractivity (Wildman–Crippen MR) is 84.4 cm³/mol. The molecule has 0 spiro atoms. The molecule has 2 rings (SSSR count). The number of benzene rings is 2. The summed E-state index contributed by atoms with van der Waals surface area (Å²) >= 11 is 0. The summed E-state index contributed by atoms with van der Waals surface area (Å²) in [5, 5.41) is 40.9. The first-order valence-electron chi connectivity index (χ1n) is 7.27. The van der Waals surface area contributed by atoms with Gasteiger partial charge >= 0.3 is 0 Å². The molecule has 0 aromatic heterocycles. The van der Waals surface area contributed by atoms with E-state index in [2.05, 4.69) is 0 Å². The van der Waals surface area contributed by atoms with E-state index in [1.807, 2.05) is 36.4 Å². The van der Waals surface area contributed by atoms with Crippen molar-refractivity contribution in [2.24, 2.45) is 0 Å². The van der Waals surface area contributed by atoms with Crippen LogP contribution in [-0.2, 0) is 12.8 Å². The van der Waals surface area contributed by atoms with Crippen molar-refractivity contribution in [2.75, 3.05) is 13.2 Å². The Balaban J connectivity index is 2.28. The molecule has 118 valence electrons. The van der Waals surface area contributed by atoms with Crippen molar-refractivity contribution in [1.82, 2.24) is 0 Å². The summed E-state index contributed by atoms with van der Waals surface area (Å²) in [6.07, 6.45) is 0.0997. The summed E-state index contributed by atoms with van der Waals surface area (Å²) < 4.78 is 0. The normalized spacial score (nSPS) is 16.7. The summed E-state index contributed by atoms with van der Waals surface area (Å²) in [5.41, 5.74) is -2.12. The van der Waals surface area contributed by atoms with Gasteiger partial charge in [-0.2, -0.15) is 0 Å². The first kappa shape index (κ1) is 16.6. The number of hydrogen-bond donors (Lipinski definition) is 4. The molecule has 0 bridgehead atoms. The molecule has 2 atom stereocenters. The topological polar surface area (TPSA) is 80.9 Å². The monoisotopic (exact) mass is 302 g/mol. The molecule has 0 saturated heterocycles. The largest absolute Gasteiger partial charge is 0.393 e. The summed E-state index contributed by atoms with van der Waals surface area (Å²) in [6.45, 7) is -1.29. The van der Waals surface area contributed by atoms with Gasteiger partial charge < -0.3 is 20.4 Å². The minimum atomic E-state index is -1.83. The Bertz CT molecular complexity index is 519. The van der Waals surface area contributed by atoms with Crippen LogP contribution in [0.1, 0.15) is 11.1 Å². The molecule has 0 heterocycles. The highest BCUT2D eigenvalue weighted by Crippen LogP contribution is 2.30. The zero-order chi connectivity index (χ0) is 16.1. The molecular formula is C18H22O4. The molecule has 4 nitrogen and oxygen atoms in total. The lowest BCUT2D eigenvalue weighted by molar-refractivity contribution is -0.188. The highest BCUT2D eigenvalue weighted by atomic mass is 16.4. The highest BCUT2D eigenvalue weighted by molar-refractivity contribution is 5.23. The van der Waals surface area contributed by atoms with E-state index in [1.54, 1.807) is 24.3 Å². The van der Waals surface area contributed by atoms with E-state index >= 15 is 0 Å². The molecule has 22 heavy (non-hydrogen) atoms. The maximum atomic E-state index is 10.8.